The van der Waals surface area contributed by atoms with E-state index < -0.39 is 28.5 Å². The first-order valence-corrected chi connectivity index (χ1v) is 14.4. The van der Waals surface area contributed by atoms with Crippen LogP contribution in [0.1, 0.15) is 44.7 Å². The molecule has 0 fully saturated rings. The molecule has 0 radical (unpaired) electrons. The van der Waals surface area contributed by atoms with Gasteiger partial charge in [0.1, 0.15) is 12.6 Å². The molecule has 2 amide bonds. The highest BCUT2D eigenvalue weighted by molar-refractivity contribution is 7.92. The zero-order valence-electron chi connectivity index (χ0n) is 22.5. The predicted octanol–water partition coefficient (Wildman–Crippen LogP) is 4.91. The molecule has 0 spiro atoms. The summed E-state index contributed by atoms with van der Waals surface area (Å²) in [5.74, 6) is -0.708. The van der Waals surface area contributed by atoms with E-state index in [4.69, 9.17) is 0 Å². The van der Waals surface area contributed by atoms with Gasteiger partial charge in [-0.2, -0.15) is 0 Å². The van der Waals surface area contributed by atoms with Crippen molar-refractivity contribution in [2.24, 2.45) is 0 Å². The summed E-state index contributed by atoms with van der Waals surface area (Å²) in [4.78, 5) is 28.8. The molecule has 0 saturated heterocycles. The van der Waals surface area contributed by atoms with Crippen LogP contribution in [0.5, 0.6) is 0 Å². The van der Waals surface area contributed by atoms with Crippen molar-refractivity contribution in [3.8, 4) is 0 Å². The Morgan fingerprint density at radius 2 is 1.50 bits per heavy atom. The van der Waals surface area contributed by atoms with E-state index in [2.05, 4.69) is 5.32 Å². The van der Waals surface area contributed by atoms with Gasteiger partial charge in [0.05, 0.1) is 10.6 Å². The minimum Gasteiger partial charge on any atom is -0.352 e. The molecule has 0 unspecified atom stereocenters. The maximum Gasteiger partial charge on any atom is 0.264 e. The van der Waals surface area contributed by atoms with Crippen LogP contribution in [0.15, 0.2) is 89.8 Å². The Morgan fingerprint density at radius 3 is 2.08 bits per heavy atom. The first-order chi connectivity index (χ1) is 18.2. The Morgan fingerprint density at radius 1 is 0.868 bits per heavy atom. The SMILES string of the molecule is CC[C@@H](C)NC(=O)[C@@H](CC)N(Cc1ccccc1)C(=O)CN(c1cccc(C)c1)S(=O)(=O)c1ccccc1. The summed E-state index contributed by atoms with van der Waals surface area (Å²) >= 11 is 0. The van der Waals surface area contributed by atoms with Crippen molar-refractivity contribution in [2.45, 2.75) is 64.1 Å². The van der Waals surface area contributed by atoms with E-state index in [-0.39, 0.29) is 23.4 Å². The molecule has 8 heteroatoms. The molecular weight excluding hydrogens is 498 g/mol. The largest absolute Gasteiger partial charge is 0.352 e. The molecule has 3 rings (SSSR count). The summed E-state index contributed by atoms with van der Waals surface area (Å²) in [6.45, 7) is 7.35. The van der Waals surface area contributed by atoms with Gasteiger partial charge >= 0.3 is 0 Å². The van der Waals surface area contributed by atoms with Gasteiger partial charge in [-0.05, 0) is 62.1 Å². The predicted molar refractivity (Wildman–Crippen MR) is 151 cm³/mol. The molecule has 7 nitrogen and oxygen atoms in total. The van der Waals surface area contributed by atoms with Crippen molar-refractivity contribution in [1.29, 1.82) is 0 Å². The summed E-state index contributed by atoms with van der Waals surface area (Å²) in [5.41, 5.74) is 2.10. The van der Waals surface area contributed by atoms with E-state index >= 15 is 0 Å². The van der Waals surface area contributed by atoms with Crippen molar-refractivity contribution in [2.75, 3.05) is 10.8 Å². The van der Waals surface area contributed by atoms with Gasteiger partial charge in [0.25, 0.3) is 10.0 Å². The Bertz CT molecular complexity index is 1310. The topological polar surface area (TPSA) is 86.8 Å². The standard InChI is InChI=1S/C30H37N3O4S/c1-5-24(4)31-30(35)28(6-2)32(21-25-15-9-7-10-16-25)29(34)22-33(26-17-13-14-23(3)20-26)38(36,37)27-18-11-8-12-19-27/h7-20,24,28H,5-6,21-22H2,1-4H3,(H,31,35)/t24-,28-/m1/s1. The number of amides is 2. The van der Waals surface area contributed by atoms with Gasteiger partial charge in [-0.15, -0.1) is 0 Å². The molecule has 0 saturated carbocycles. The van der Waals surface area contributed by atoms with Gasteiger partial charge < -0.3 is 10.2 Å². The number of anilines is 1. The van der Waals surface area contributed by atoms with Crippen LogP contribution in [-0.2, 0) is 26.2 Å². The lowest BCUT2D eigenvalue weighted by molar-refractivity contribution is -0.140. The third kappa shape index (κ3) is 7.22. The van der Waals surface area contributed by atoms with Crippen LogP contribution in [0, 0.1) is 6.92 Å². The summed E-state index contributed by atoms with van der Waals surface area (Å²) in [6, 6.07) is 23.7. The number of nitrogens with one attached hydrogen (secondary N) is 1. The average molecular weight is 536 g/mol. The highest BCUT2D eigenvalue weighted by atomic mass is 32.2. The Labute approximate surface area is 226 Å². The zero-order valence-corrected chi connectivity index (χ0v) is 23.3. The first kappa shape index (κ1) is 28.9. The van der Waals surface area contributed by atoms with E-state index in [0.717, 1.165) is 21.9 Å². The molecule has 0 heterocycles. The molecule has 3 aromatic carbocycles. The average Bonchev–Trinajstić information content (AvgIpc) is 2.92. The maximum absolute atomic E-state index is 14.0. The normalized spacial score (nSPS) is 12.8. The number of carbonyl (C=O) groups is 2. The molecule has 202 valence electrons. The van der Waals surface area contributed by atoms with Gasteiger partial charge in [-0.1, -0.05) is 74.5 Å². The third-order valence-corrected chi connectivity index (χ3v) is 8.27. The lowest BCUT2D eigenvalue weighted by Crippen LogP contribution is -2.53. The van der Waals surface area contributed by atoms with Crippen LogP contribution in [0.3, 0.4) is 0 Å². The third-order valence-electron chi connectivity index (χ3n) is 6.48. The van der Waals surface area contributed by atoms with Gasteiger partial charge in [-0.25, -0.2) is 8.42 Å². The molecule has 0 aliphatic carbocycles. The number of sulfonamides is 1. The molecule has 0 aliphatic rings. The van der Waals surface area contributed by atoms with E-state index in [0.29, 0.717) is 12.1 Å². The fourth-order valence-electron chi connectivity index (χ4n) is 4.17. The number of hydrogen-bond acceptors (Lipinski definition) is 4. The number of rotatable bonds is 12. The summed E-state index contributed by atoms with van der Waals surface area (Å²) in [7, 11) is -4.06. The second-order valence-electron chi connectivity index (χ2n) is 9.41. The fourth-order valence-corrected chi connectivity index (χ4v) is 5.60. The van der Waals surface area contributed by atoms with Crippen molar-refractivity contribution in [1.82, 2.24) is 10.2 Å². The number of nitrogens with zero attached hydrogens (tertiary/aromatic N) is 2. The second-order valence-corrected chi connectivity index (χ2v) is 11.3. The van der Waals surface area contributed by atoms with E-state index in [1.807, 2.05) is 64.1 Å². The lowest BCUT2D eigenvalue weighted by atomic mass is 10.1. The van der Waals surface area contributed by atoms with E-state index in [9.17, 15) is 18.0 Å². The first-order valence-electron chi connectivity index (χ1n) is 13.0. The van der Waals surface area contributed by atoms with Crippen LogP contribution < -0.4 is 9.62 Å². The summed E-state index contributed by atoms with van der Waals surface area (Å²) in [5, 5.41) is 2.99. The zero-order chi connectivity index (χ0) is 27.7. The smallest absolute Gasteiger partial charge is 0.264 e. The van der Waals surface area contributed by atoms with Gasteiger partial charge in [0.2, 0.25) is 11.8 Å². The Kier molecular flexibility index (Phi) is 10.1. The Balaban J connectivity index is 2.03. The quantitative estimate of drug-likeness (QED) is 0.357. The fraction of sp³-hybridized carbons (Fsp3) is 0.333. The van der Waals surface area contributed by atoms with Gasteiger partial charge in [0.15, 0.2) is 0 Å². The van der Waals surface area contributed by atoms with Crippen LogP contribution in [0.25, 0.3) is 0 Å². The van der Waals surface area contributed by atoms with Gasteiger partial charge in [0, 0.05) is 12.6 Å². The highest BCUT2D eigenvalue weighted by Crippen LogP contribution is 2.25. The molecule has 2 atom stereocenters. The molecule has 1 N–H and O–H groups in total. The molecular formula is C30H37N3O4S. The van der Waals surface area contributed by atoms with Crippen molar-refractivity contribution >= 4 is 27.5 Å². The van der Waals surface area contributed by atoms with Crippen molar-refractivity contribution in [3.63, 3.8) is 0 Å². The highest BCUT2D eigenvalue weighted by Gasteiger charge is 2.33. The molecule has 3 aromatic rings. The van der Waals surface area contributed by atoms with Crippen LogP contribution >= 0.6 is 0 Å². The van der Waals surface area contributed by atoms with Crippen LogP contribution in [0.2, 0.25) is 0 Å². The minimum atomic E-state index is -4.06. The molecule has 0 aliphatic heterocycles. The van der Waals surface area contributed by atoms with Gasteiger partial charge in [-0.3, -0.25) is 13.9 Å². The van der Waals surface area contributed by atoms with Crippen molar-refractivity contribution < 1.29 is 18.0 Å². The number of hydrogen-bond donors (Lipinski definition) is 1. The number of aryl methyl sites for hydroxylation is 1. The second kappa shape index (κ2) is 13.2. The molecule has 0 aromatic heterocycles. The molecule has 0 bridgehead atoms. The van der Waals surface area contributed by atoms with Crippen LogP contribution in [0.4, 0.5) is 5.69 Å². The monoisotopic (exact) mass is 535 g/mol. The van der Waals surface area contributed by atoms with Crippen molar-refractivity contribution in [3.05, 3.63) is 96.1 Å². The lowest BCUT2D eigenvalue weighted by Gasteiger charge is -2.33. The maximum atomic E-state index is 14.0. The minimum absolute atomic E-state index is 0.0486. The number of benzene rings is 3. The van der Waals surface area contributed by atoms with E-state index in [1.165, 1.54) is 17.0 Å². The molecule has 38 heavy (non-hydrogen) atoms. The summed E-state index contributed by atoms with van der Waals surface area (Å²) < 4.78 is 28.7. The Hall–Kier alpha value is -3.65. The number of carbonyl (C=O) groups excluding carboxylic acids is 2. The van der Waals surface area contributed by atoms with Crippen LogP contribution in [-0.4, -0.2) is 43.8 Å². The van der Waals surface area contributed by atoms with E-state index in [1.54, 1.807) is 36.4 Å². The summed E-state index contributed by atoms with van der Waals surface area (Å²) in [6.07, 6.45) is 1.14.